The van der Waals surface area contributed by atoms with Crippen molar-refractivity contribution in [1.82, 2.24) is 9.62 Å². The summed E-state index contributed by atoms with van der Waals surface area (Å²) in [5.41, 5.74) is 2.00. The van der Waals surface area contributed by atoms with Crippen molar-refractivity contribution >= 4 is 39.4 Å². The van der Waals surface area contributed by atoms with E-state index in [9.17, 15) is 18.0 Å². The van der Waals surface area contributed by atoms with Gasteiger partial charge in [0.1, 0.15) is 0 Å². The topological polar surface area (TPSA) is 108 Å². The summed E-state index contributed by atoms with van der Waals surface area (Å²) in [7, 11) is -3.49. The molecular formula is C25H30N4O4S. The molecule has 1 saturated carbocycles. The quantitative estimate of drug-likeness (QED) is 0.514. The maximum atomic E-state index is 12.4. The van der Waals surface area contributed by atoms with E-state index in [4.69, 9.17) is 0 Å². The zero-order valence-electron chi connectivity index (χ0n) is 19.0. The summed E-state index contributed by atoms with van der Waals surface area (Å²) in [6.45, 7) is 1.56. The first-order valence-electron chi connectivity index (χ1n) is 11.7. The van der Waals surface area contributed by atoms with Gasteiger partial charge in [-0.25, -0.2) is 17.9 Å². The fourth-order valence-electron chi connectivity index (χ4n) is 3.72. The molecule has 0 atom stereocenters. The minimum Gasteiger partial charge on any atom is -0.325 e. The number of rotatable bonds is 7. The molecule has 1 heterocycles. The highest BCUT2D eigenvalue weighted by Gasteiger charge is 2.27. The molecule has 1 aliphatic heterocycles. The van der Waals surface area contributed by atoms with Crippen LogP contribution < -0.4 is 15.4 Å². The number of hydrogen-bond acceptors (Lipinski definition) is 4. The highest BCUT2D eigenvalue weighted by Crippen LogP contribution is 2.22. The van der Waals surface area contributed by atoms with Crippen LogP contribution in [0.15, 0.2) is 59.5 Å². The minimum atomic E-state index is -3.49. The van der Waals surface area contributed by atoms with Crippen LogP contribution in [-0.4, -0.2) is 44.4 Å². The van der Waals surface area contributed by atoms with Gasteiger partial charge in [-0.15, -0.1) is 0 Å². The van der Waals surface area contributed by atoms with Crippen molar-refractivity contribution in [3.63, 3.8) is 0 Å². The molecule has 8 nitrogen and oxygen atoms in total. The Labute approximate surface area is 200 Å². The zero-order valence-corrected chi connectivity index (χ0v) is 19.8. The van der Waals surface area contributed by atoms with Crippen LogP contribution in [0.1, 0.15) is 44.1 Å². The number of nitrogens with zero attached hydrogens (tertiary/aromatic N) is 1. The van der Waals surface area contributed by atoms with Crippen LogP contribution in [0.25, 0.3) is 6.08 Å². The maximum absolute atomic E-state index is 12.4. The highest BCUT2D eigenvalue weighted by atomic mass is 32.2. The number of carbonyl (C=O) groups excluding carboxylic acids is 2. The van der Waals surface area contributed by atoms with Crippen LogP contribution in [-0.2, 0) is 14.8 Å². The lowest BCUT2D eigenvalue weighted by Crippen LogP contribution is -2.35. The van der Waals surface area contributed by atoms with Gasteiger partial charge in [0.15, 0.2) is 0 Å². The summed E-state index contributed by atoms with van der Waals surface area (Å²) in [5.74, 6) is -0.312. The molecule has 2 aromatic rings. The third kappa shape index (κ3) is 6.91. The summed E-state index contributed by atoms with van der Waals surface area (Å²) in [6.07, 6.45) is 9.17. The van der Waals surface area contributed by atoms with Crippen LogP contribution in [0.3, 0.4) is 0 Å². The number of urea groups is 1. The number of benzene rings is 2. The predicted octanol–water partition coefficient (Wildman–Crippen LogP) is 4.19. The molecule has 34 heavy (non-hydrogen) atoms. The number of likely N-dealkylation sites (tertiary alicyclic amines) is 1. The molecule has 0 spiro atoms. The molecule has 3 amide bonds. The molecule has 0 aromatic heterocycles. The van der Waals surface area contributed by atoms with Crippen molar-refractivity contribution in [3.05, 3.63) is 60.2 Å². The van der Waals surface area contributed by atoms with Crippen molar-refractivity contribution in [2.45, 2.75) is 49.5 Å². The number of sulfonamides is 1. The number of anilines is 2. The highest BCUT2D eigenvalue weighted by molar-refractivity contribution is 7.89. The first-order chi connectivity index (χ1) is 16.4. The van der Waals surface area contributed by atoms with E-state index in [1.54, 1.807) is 42.5 Å². The van der Waals surface area contributed by atoms with Crippen LogP contribution >= 0.6 is 0 Å². The number of nitrogens with one attached hydrogen (secondary N) is 3. The average Bonchev–Trinajstić information content (AvgIpc) is 3.66. The molecule has 3 N–H and O–H groups in total. The van der Waals surface area contributed by atoms with Crippen molar-refractivity contribution in [2.75, 3.05) is 23.7 Å². The Morgan fingerprint density at radius 2 is 1.41 bits per heavy atom. The largest absolute Gasteiger partial charge is 0.325 e. The molecule has 0 unspecified atom stereocenters. The van der Waals surface area contributed by atoms with Gasteiger partial charge >= 0.3 is 6.03 Å². The summed E-state index contributed by atoms with van der Waals surface area (Å²) in [6, 6.07) is 13.3. The van der Waals surface area contributed by atoms with Gasteiger partial charge in [0.05, 0.1) is 4.90 Å². The van der Waals surface area contributed by atoms with Gasteiger partial charge in [-0.3, -0.25) is 4.79 Å². The molecule has 4 rings (SSSR count). The van der Waals surface area contributed by atoms with Gasteiger partial charge in [-0.2, -0.15) is 0 Å². The van der Waals surface area contributed by atoms with Crippen molar-refractivity contribution in [2.24, 2.45) is 0 Å². The van der Waals surface area contributed by atoms with Crippen molar-refractivity contribution < 1.29 is 18.0 Å². The van der Waals surface area contributed by atoms with Gasteiger partial charge < -0.3 is 15.5 Å². The molecule has 0 radical (unpaired) electrons. The zero-order chi connectivity index (χ0) is 24.0. The third-order valence-electron chi connectivity index (χ3n) is 5.81. The monoisotopic (exact) mass is 482 g/mol. The third-order valence-corrected chi connectivity index (χ3v) is 7.35. The fraction of sp³-hybridized carbons (Fsp3) is 0.360. The normalized spacial score (nSPS) is 16.8. The minimum absolute atomic E-state index is 0.0536. The van der Waals surface area contributed by atoms with E-state index >= 15 is 0 Å². The molecular weight excluding hydrogens is 452 g/mol. The van der Waals surface area contributed by atoms with E-state index in [1.165, 1.54) is 18.2 Å². The summed E-state index contributed by atoms with van der Waals surface area (Å²) in [5, 5.41) is 5.68. The summed E-state index contributed by atoms with van der Waals surface area (Å²) in [4.78, 5) is 26.7. The standard InChI is InChI=1S/C25H30N4O4S/c30-24(16-7-19-5-14-23(15-6-19)34(32,33)28-22-12-13-22)26-20-8-10-21(11-9-20)27-25(31)29-17-3-1-2-4-18-29/h5-11,14-16,22,28H,1-4,12-13,17-18H2,(H,26,30)(H,27,31)/b16-7+. The lowest BCUT2D eigenvalue weighted by atomic mass is 10.2. The van der Waals surface area contributed by atoms with Gasteiger partial charge in [0, 0.05) is 36.6 Å². The number of carbonyl (C=O) groups is 2. The number of amides is 3. The SMILES string of the molecule is O=C(/C=C/c1ccc(S(=O)(=O)NC2CC2)cc1)Nc1ccc(NC(=O)N2CCCCCC2)cc1. The Kier molecular flexibility index (Phi) is 7.64. The fourth-order valence-corrected chi connectivity index (χ4v) is 5.02. The first-order valence-corrected chi connectivity index (χ1v) is 13.1. The van der Waals surface area contributed by atoms with Crippen LogP contribution in [0.2, 0.25) is 0 Å². The second-order valence-corrected chi connectivity index (χ2v) is 10.4. The molecule has 9 heteroatoms. The molecule has 180 valence electrons. The lowest BCUT2D eigenvalue weighted by Gasteiger charge is -2.20. The molecule has 0 bridgehead atoms. The van der Waals surface area contributed by atoms with E-state index in [1.807, 2.05) is 4.90 Å². The Morgan fingerprint density at radius 3 is 2.00 bits per heavy atom. The lowest BCUT2D eigenvalue weighted by molar-refractivity contribution is -0.111. The van der Waals surface area contributed by atoms with Crippen molar-refractivity contribution in [1.29, 1.82) is 0 Å². The van der Waals surface area contributed by atoms with Gasteiger partial charge in [0.2, 0.25) is 15.9 Å². The van der Waals surface area contributed by atoms with E-state index in [0.717, 1.165) is 51.6 Å². The predicted molar refractivity (Wildman–Crippen MR) is 133 cm³/mol. The first kappa shape index (κ1) is 24.0. The van der Waals surface area contributed by atoms with Crippen LogP contribution in [0.4, 0.5) is 16.2 Å². The van der Waals surface area contributed by atoms with E-state index in [-0.39, 0.29) is 22.9 Å². The second kappa shape index (κ2) is 10.8. The van der Waals surface area contributed by atoms with E-state index in [0.29, 0.717) is 16.9 Å². The second-order valence-electron chi connectivity index (χ2n) is 8.70. The van der Waals surface area contributed by atoms with E-state index in [2.05, 4.69) is 15.4 Å². The number of hydrogen-bond donors (Lipinski definition) is 3. The molecule has 2 fully saturated rings. The van der Waals surface area contributed by atoms with E-state index < -0.39 is 10.0 Å². The Balaban J connectivity index is 1.27. The molecule has 2 aromatic carbocycles. The summed E-state index contributed by atoms with van der Waals surface area (Å²) >= 11 is 0. The van der Waals surface area contributed by atoms with Crippen LogP contribution in [0, 0.1) is 0 Å². The Hall–Kier alpha value is -3.17. The molecule has 2 aliphatic rings. The Bertz CT molecular complexity index is 1130. The van der Waals surface area contributed by atoms with Crippen molar-refractivity contribution in [3.8, 4) is 0 Å². The van der Waals surface area contributed by atoms with Gasteiger partial charge in [-0.1, -0.05) is 25.0 Å². The summed E-state index contributed by atoms with van der Waals surface area (Å²) < 4.78 is 27.1. The molecule has 1 aliphatic carbocycles. The van der Waals surface area contributed by atoms with Crippen LogP contribution in [0.5, 0.6) is 0 Å². The van der Waals surface area contributed by atoms with Gasteiger partial charge in [0.25, 0.3) is 0 Å². The molecule has 1 saturated heterocycles. The Morgan fingerprint density at radius 1 is 0.824 bits per heavy atom. The smallest absolute Gasteiger partial charge is 0.321 e. The maximum Gasteiger partial charge on any atom is 0.321 e. The average molecular weight is 483 g/mol. The van der Waals surface area contributed by atoms with Gasteiger partial charge in [-0.05, 0) is 73.7 Å².